The normalized spacial score (nSPS) is 10.4. The average Bonchev–Trinajstić information content (AvgIpc) is 2.74. The minimum absolute atomic E-state index is 0.0686. The smallest absolute Gasteiger partial charge is 0.356 e. The van der Waals surface area contributed by atoms with E-state index in [-0.39, 0.29) is 22.9 Å². The fraction of sp³-hybridized carbons (Fsp3) is 0.300. The Hall–Kier alpha value is -2.51. The Morgan fingerprint density at radius 2 is 2.11 bits per heavy atom. The lowest BCUT2D eigenvalue weighted by molar-refractivity contribution is 0.0590. The fourth-order valence-corrected chi connectivity index (χ4v) is 1.39. The Bertz CT molecular complexity index is 658. The SMILES string of the molecule is COC(=O)c1cc(C)nn1-c1nnc(C)c(=O)[nH]1. The molecule has 8 heteroatoms. The maximum absolute atomic E-state index is 11.5. The molecule has 94 valence electrons. The second-order valence-corrected chi connectivity index (χ2v) is 3.64. The highest BCUT2D eigenvalue weighted by atomic mass is 16.5. The molecule has 0 aliphatic heterocycles. The second kappa shape index (κ2) is 4.40. The number of aryl methyl sites for hydroxylation is 2. The first-order valence-electron chi connectivity index (χ1n) is 5.12. The molecule has 0 amide bonds. The largest absolute Gasteiger partial charge is 0.464 e. The summed E-state index contributed by atoms with van der Waals surface area (Å²) in [5, 5.41) is 11.5. The van der Waals surface area contributed by atoms with Crippen LogP contribution in [-0.2, 0) is 4.74 Å². The number of carbonyl (C=O) groups is 1. The van der Waals surface area contributed by atoms with E-state index in [1.807, 2.05) is 0 Å². The van der Waals surface area contributed by atoms with Crippen LogP contribution in [0.5, 0.6) is 0 Å². The van der Waals surface area contributed by atoms with Gasteiger partial charge in [0.1, 0.15) is 5.69 Å². The number of hydrogen-bond donors (Lipinski definition) is 1. The lowest BCUT2D eigenvalue weighted by Gasteiger charge is -2.03. The van der Waals surface area contributed by atoms with Gasteiger partial charge in [0.25, 0.3) is 11.5 Å². The summed E-state index contributed by atoms with van der Waals surface area (Å²) in [5.41, 5.74) is 0.619. The molecule has 0 fully saturated rings. The lowest BCUT2D eigenvalue weighted by Crippen LogP contribution is -2.20. The van der Waals surface area contributed by atoms with Crippen LogP contribution in [0, 0.1) is 13.8 Å². The molecule has 2 aromatic heterocycles. The maximum Gasteiger partial charge on any atom is 0.356 e. The number of rotatable bonds is 2. The van der Waals surface area contributed by atoms with E-state index in [0.717, 1.165) is 0 Å². The number of nitrogens with zero attached hydrogens (tertiary/aromatic N) is 4. The molecule has 0 aliphatic rings. The predicted molar refractivity (Wildman–Crippen MR) is 60.6 cm³/mol. The van der Waals surface area contributed by atoms with E-state index in [1.165, 1.54) is 24.8 Å². The third-order valence-corrected chi connectivity index (χ3v) is 2.28. The molecule has 0 aromatic carbocycles. The second-order valence-electron chi connectivity index (χ2n) is 3.64. The monoisotopic (exact) mass is 249 g/mol. The van der Waals surface area contributed by atoms with Gasteiger partial charge < -0.3 is 4.74 Å². The number of H-pyrrole nitrogens is 1. The van der Waals surface area contributed by atoms with Gasteiger partial charge in [0.05, 0.1) is 12.8 Å². The molecule has 0 unspecified atom stereocenters. The zero-order chi connectivity index (χ0) is 13.3. The third-order valence-electron chi connectivity index (χ3n) is 2.28. The van der Waals surface area contributed by atoms with Crippen molar-refractivity contribution in [1.29, 1.82) is 0 Å². The number of nitrogens with one attached hydrogen (secondary N) is 1. The summed E-state index contributed by atoms with van der Waals surface area (Å²) in [7, 11) is 1.26. The minimum Gasteiger partial charge on any atom is -0.464 e. The van der Waals surface area contributed by atoms with Gasteiger partial charge in [-0.1, -0.05) is 0 Å². The first kappa shape index (κ1) is 12.0. The molecule has 18 heavy (non-hydrogen) atoms. The van der Waals surface area contributed by atoms with E-state index in [1.54, 1.807) is 6.92 Å². The summed E-state index contributed by atoms with van der Waals surface area (Å²) < 4.78 is 5.82. The van der Waals surface area contributed by atoms with E-state index in [0.29, 0.717) is 5.69 Å². The molecular weight excluding hydrogens is 238 g/mol. The van der Waals surface area contributed by atoms with Crippen LogP contribution < -0.4 is 5.56 Å². The van der Waals surface area contributed by atoms with Gasteiger partial charge in [-0.25, -0.2) is 4.79 Å². The van der Waals surface area contributed by atoms with E-state index in [4.69, 9.17) is 0 Å². The number of aromatic amines is 1. The lowest BCUT2D eigenvalue weighted by atomic mass is 10.4. The van der Waals surface area contributed by atoms with Gasteiger partial charge in [-0.3, -0.25) is 9.78 Å². The number of hydrogen-bond acceptors (Lipinski definition) is 6. The van der Waals surface area contributed by atoms with Crippen molar-refractivity contribution >= 4 is 5.97 Å². The van der Waals surface area contributed by atoms with Gasteiger partial charge in [0.2, 0.25) is 0 Å². The van der Waals surface area contributed by atoms with Crippen molar-refractivity contribution in [3.63, 3.8) is 0 Å². The van der Waals surface area contributed by atoms with E-state index >= 15 is 0 Å². The van der Waals surface area contributed by atoms with Crippen molar-refractivity contribution in [2.24, 2.45) is 0 Å². The molecular formula is C10H11N5O3. The Labute approximate surface area is 102 Å². The number of carbonyl (C=O) groups excluding carboxylic acids is 1. The van der Waals surface area contributed by atoms with Crippen LogP contribution in [0.25, 0.3) is 5.95 Å². The van der Waals surface area contributed by atoms with E-state index in [9.17, 15) is 9.59 Å². The van der Waals surface area contributed by atoms with Crippen molar-refractivity contribution in [1.82, 2.24) is 25.0 Å². The van der Waals surface area contributed by atoms with Gasteiger partial charge in [-0.05, 0) is 19.9 Å². The number of esters is 1. The van der Waals surface area contributed by atoms with Gasteiger partial charge in [0, 0.05) is 0 Å². The Morgan fingerprint density at radius 3 is 2.72 bits per heavy atom. The summed E-state index contributed by atoms with van der Waals surface area (Å²) in [6.45, 7) is 3.24. The molecule has 2 heterocycles. The van der Waals surface area contributed by atoms with Crippen molar-refractivity contribution in [2.45, 2.75) is 13.8 Å². The average molecular weight is 249 g/mol. The topological polar surface area (TPSA) is 103 Å². The van der Waals surface area contributed by atoms with Crippen molar-refractivity contribution in [3.8, 4) is 5.95 Å². The fourth-order valence-electron chi connectivity index (χ4n) is 1.39. The summed E-state index contributed by atoms with van der Waals surface area (Å²) >= 11 is 0. The number of ether oxygens (including phenoxy) is 1. The Kier molecular flexibility index (Phi) is 2.92. The summed E-state index contributed by atoms with van der Waals surface area (Å²) in [5.74, 6) is -0.502. The Balaban J connectivity index is 2.59. The van der Waals surface area contributed by atoms with Crippen molar-refractivity contribution in [2.75, 3.05) is 7.11 Å². The van der Waals surface area contributed by atoms with Crippen molar-refractivity contribution < 1.29 is 9.53 Å². The standard InChI is InChI=1S/C10H11N5O3/c1-5-4-7(9(17)18-3)15(14-5)10-11-8(16)6(2)12-13-10/h4H,1-3H3,(H,11,13,16). The highest BCUT2D eigenvalue weighted by Gasteiger charge is 2.17. The molecule has 2 rings (SSSR count). The summed E-state index contributed by atoms with van der Waals surface area (Å²) in [6, 6.07) is 1.53. The maximum atomic E-state index is 11.5. The number of aromatic nitrogens is 5. The minimum atomic E-state index is -0.571. The highest BCUT2D eigenvalue weighted by Crippen LogP contribution is 2.08. The summed E-state index contributed by atoms with van der Waals surface area (Å²) in [6.07, 6.45) is 0. The van der Waals surface area contributed by atoms with Crippen LogP contribution in [0.1, 0.15) is 21.9 Å². The molecule has 0 saturated carbocycles. The quantitative estimate of drug-likeness (QED) is 0.736. The van der Waals surface area contributed by atoms with Crippen LogP contribution in [-0.4, -0.2) is 38.0 Å². The molecule has 0 saturated heterocycles. The molecule has 0 aliphatic carbocycles. The predicted octanol–water partition coefficient (Wildman–Crippen LogP) is -0.246. The molecule has 1 N–H and O–H groups in total. The van der Waals surface area contributed by atoms with Crippen molar-refractivity contribution in [3.05, 3.63) is 33.5 Å². The Morgan fingerprint density at radius 1 is 1.39 bits per heavy atom. The van der Waals surface area contributed by atoms with Crippen LogP contribution in [0.3, 0.4) is 0 Å². The van der Waals surface area contributed by atoms with Crippen LogP contribution in [0.15, 0.2) is 10.9 Å². The third kappa shape index (κ3) is 1.99. The van der Waals surface area contributed by atoms with Gasteiger partial charge in [0.15, 0.2) is 5.69 Å². The first-order chi connectivity index (χ1) is 8.52. The van der Waals surface area contributed by atoms with Gasteiger partial charge in [-0.15, -0.1) is 10.2 Å². The molecule has 0 atom stereocenters. The van der Waals surface area contributed by atoms with Crippen LogP contribution in [0.2, 0.25) is 0 Å². The van der Waals surface area contributed by atoms with E-state index in [2.05, 4.69) is 25.0 Å². The molecule has 0 radical (unpaired) electrons. The molecule has 0 spiro atoms. The van der Waals surface area contributed by atoms with Crippen LogP contribution in [0.4, 0.5) is 0 Å². The van der Waals surface area contributed by atoms with E-state index < -0.39 is 5.97 Å². The zero-order valence-corrected chi connectivity index (χ0v) is 10.1. The highest BCUT2D eigenvalue weighted by molar-refractivity contribution is 5.88. The van der Waals surface area contributed by atoms with Gasteiger partial charge >= 0.3 is 5.97 Å². The molecule has 8 nitrogen and oxygen atoms in total. The van der Waals surface area contributed by atoms with Gasteiger partial charge in [-0.2, -0.15) is 9.78 Å². The zero-order valence-electron chi connectivity index (χ0n) is 10.1. The molecule has 0 bridgehead atoms. The number of methoxy groups -OCH3 is 1. The summed E-state index contributed by atoms with van der Waals surface area (Å²) in [4.78, 5) is 25.5. The molecule has 2 aromatic rings. The first-order valence-corrected chi connectivity index (χ1v) is 5.12. The van der Waals surface area contributed by atoms with Crippen LogP contribution >= 0.6 is 0 Å².